The fourth-order valence-electron chi connectivity index (χ4n) is 5.85. The number of esters is 1. The summed E-state index contributed by atoms with van der Waals surface area (Å²) in [5, 5.41) is 0. The normalized spacial score (nSPS) is 24.2. The third-order valence-corrected chi connectivity index (χ3v) is 7.50. The van der Waals surface area contributed by atoms with Crippen LogP contribution in [0.25, 0.3) is 0 Å². The number of carbonyl (C=O) groups excluding carboxylic acids is 4. The lowest BCUT2D eigenvalue weighted by atomic mass is 9.81. The molecule has 0 N–H and O–H groups in total. The number of anilines is 1. The summed E-state index contributed by atoms with van der Waals surface area (Å²) in [6.45, 7) is -0.194. The average molecular weight is 485 g/mol. The minimum Gasteiger partial charge on any atom is -0.485 e. The summed E-state index contributed by atoms with van der Waals surface area (Å²) in [6.07, 6.45) is 4.46. The van der Waals surface area contributed by atoms with Crippen LogP contribution in [0.3, 0.4) is 0 Å². The van der Waals surface area contributed by atoms with E-state index in [0.717, 1.165) is 19.3 Å². The van der Waals surface area contributed by atoms with Crippen molar-refractivity contribution >= 4 is 29.3 Å². The Hall–Kier alpha value is -4.20. The molecule has 8 heteroatoms. The molecule has 0 radical (unpaired) electrons. The smallest absolute Gasteiger partial charge is 0.379 e. The van der Waals surface area contributed by atoms with Crippen LogP contribution in [0.5, 0.6) is 11.5 Å². The molecule has 2 bridgehead atoms. The maximum Gasteiger partial charge on any atom is 0.379 e. The predicted molar refractivity (Wildman–Crippen MR) is 127 cm³/mol. The number of amides is 2. The second kappa shape index (κ2) is 8.78. The highest BCUT2D eigenvalue weighted by Crippen LogP contribution is 2.56. The Kier molecular flexibility index (Phi) is 5.44. The van der Waals surface area contributed by atoms with Crippen LogP contribution >= 0.6 is 0 Å². The van der Waals surface area contributed by atoms with Gasteiger partial charge in [0.1, 0.15) is 11.5 Å². The molecule has 182 valence electrons. The topological polar surface area (TPSA) is 103 Å². The monoisotopic (exact) mass is 485 g/mol. The van der Waals surface area contributed by atoms with Crippen molar-refractivity contribution in [2.75, 3.05) is 11.5 Å². The lowest BCUT2D eigenvalue weighted by Crippen LogP contribution is -2.32. The van der Waals surface area contributed by atoms with Gasteiger partial charge in [-0.1, -0.05) is 0 Å². The molecule has 2 amide bonds. The molecule has 6 rings (SSSR count). The van der Waals surface area contributed by atoms with Gasteiger partial charge in [-0.05, 0) is 91.8 Å². The van der Waals surface area contributed by atoms with E-state index >= 15 is 0 Å². The first-order chi connectivity index (χ1) is 17.5. The van der Waals surface area contributed by atoms with Crippen molar-refractivity contribution in [3.05, 3.63) is 78.3 Å². The lowest BCUT2D eigenvalue weighted by Gasteiger charge is -2.19. The van der Waals surface area contributed by atoms with Crippen LogP contribution in [0.15, 0.2) is 71.3 Å². The molecule has 2 aromatic carbocycles. The molecule has 36 heavy (non-hydrogen) atoms. The molecule has 4 atom stereocenters. The van der Waals surface area contributed by atoms with E-state index in [9.17, 15) is 19.2 Å². The number of rotatable bonds is 7. The molecule has 3 fully saturated rings. The zero-order valence-corrected chi connectivity index (χ0v) is 19.3. The summed E-state index contributed by atoms with van der Waals surface area (Å²) in [4.78, 5) is 51.8. The Labute approximate surface area is 206 Å². The summed E-state index contributed by atoms with van der Waals surface area (Å²) in [7, 11) is 0. The van der Waals surface area contributed by atoms with Gasteiger partial charge in [0, 0.05) is 5.56 Å². The molecule has 1 aromatic heterocycles. The first kappa shape index (κ1) is 22.3. The Balaban J connectivity index is 1.05. The van der Waals surface area contributed by atoms with E-state index in [4.69, 9.17) is 13.9 Å². The summed E-state index contributed by atoms with van der Waals surface area (Å²) in [5.74, 6) is 0.133. The van der Waals surface area contributed by atoms with Gasteiger partial charge in [-0.2, -0.15) is 0 Å². The Morgan fingerprint density at radius 2 is 1.50 bits per heavy atom. The molecule has 3 aromatic rings. The van der Waals surface area contributed by atoms with E-state index in [-0.39, 0.29) is 47.6 Å². The highest BCUT2D eigenvalue weighted by atomic mass is 16.5. The van der Waals surface area contributed by atoms with Gasteiger partial charge in [0.15, 0.2) is 12.4 Å². The van der Waals surface area contributed by atoms with Gasteiger partial charge < -0.3 is 13.9 Å². The van der Waals surface area contributed by atoms with E-state index < -0.39 is 5.97 Å². The summed E-state index contributed by atoms with van der Waals surface area (Å²) in [5.41, 5.74) is 0.941. The molecular weight excluding hydrogens is 462 g/mol. The fourth-order valence-corrected chi connectivity index (χ4v) is 5.85. The second-order valence-electron chi connectivity index (χ2n) is 9.49. The van der Waals surface area contributed by atoms with Gasteiger partial charge in [-0.25, -0.2) is 4.79 Å². The van der Waals surface area contributed by atoms with Crippen molar-refractivity contribution in [1.29, 1.82) is 0 Å². The fraction of sp³-hybridized carbons (Fsp3) is 0.286. The third kappa shape index (κ3) is 3.79. The van der Waals surface area contributed by atoms with Gasteiger partial charge in [0.2, 0.25) is 17.6 Å². The van der Waals surface area contributed by atoms with Gasteiger partial charge in [0.25, 0.3) is 0 Å². The van der Waals surface area contributed by atoms with Gasteiger partial charge >= 0.3 is 5.97 Å². The maximum atomic E-state index is 13.0. The lowest BCUT2D eigenvalue weighted by molar-refractivity contribution is -0.123. The van der Waals surface area contributed by atoms with Crippen LogP contribution < -0.4 is 14.4 Å². The van der Waals surface area contributed by atoms with Gasteiger partial charge in [-0.15, -0.1) is 0 Å². The summed E-state index contributed by atoms with van der Waals surface area (Å²) in [6, 6.07) is 15.9. The van der Waals surface area contributed by atoms with Crippen molar-refractivity contribution < 1.29 is 33.1 Å². The van der Waals surface area contributed by atoms with E-state index in [1.807, 2.05) is 0 Å². The van der Waals surface area contributed by atoms with Crippen LogP contribution in [0.2, 0.25) is 0 Å². The van der Waals surface area contributed by atoms with Crippen molar-refractivity contribution in [1.82, 2.24) is 0 Å². The van der Waals surface area contributed by atoms with Crippen molar-refractivity contribution in [2.45, 2.75) is 19.3 Å². The third-order valence-electron chi connectivity index (χ3n) is 7.50. The Bertz CT molecular complexity index is 1300. The van der Waals surface area contributed by atoms with Crippen LogP contribution in [0.1, 0.15) is 40.2 Å². The van der Waals surface area contributed by atoms with Crippen molar-refractivity contribution in [3.8, 4) is 11.5 Å². The van der Waals surface area contributed by atoms with Crippen LogP contribution in [0, 0.1) is 23.7 Å². The maximum absolute atomic E-state index is 13.0. The first-order valence-corrected chi connectivity index (χ1v) is 12.0. The van der Waals surface area contributed by atoms with E-state index in [1.165, 1.54) is 29.4 Å². The highest BCUT2D eigenvalue weighted by molar-refractivity contribution is 6.22. The molecule has 8 nitrogen and oxygen atoms in total. The molecule has 1 saturated heterocycles. The zero-order chi connectivity index (χ0) is 24.8. The minimum absolute atomic E-state index is 0.0840. The minimum atomic E-state index is -0.626. The molecular formula is C28H23NO7. The predicted octanol–water partition coefficient (Wildman–Crippen LogP) is 4.30. The molecule has 0 unspecified atom stereocenters. The van der Waals surface area contributed by atoms with E-state index in [0.29, 0.717) is 28.8 Å². The standard InChI is InChI=1S/C28H23NO7/c30-22(16-5-9-21(10-6-16)36-28(33)23-2-1-13-34-23)15-35-20-11-7-19(8-12-20)29-26(31)24-17-3-4-18(14-17)25(24)27(29)32/h1-2,5-13,17-18,24-25H,3-4,14-15H2/t17-,18-,24-,25-/m0/s1. The molecule has 2 saturated carbocycles. The number of nitrogens with zero attached hydrogens (tertiary/aromatic N) is 1. The number of Topliss-reactive ketones (excluding diaryl/α,β-unsaturated/α-hetero) is 1. The Morgan fingerprint density at radius 1 is 0.861 bits per heavy atom. The zero-order valence-electron chi connectivity index (χ0n) is 19.3. The largest absolute Gasteiger partial charge is 0.485 e. The Morgan fingerprint density at radius 3 is 2.11 bits per heavy atom. The number of hydrogen-bond acceptors (Lipinski definition) is 7. The number of carbonyl (C=O) groups is 4. The highest BCUT2D eigenvalue weighted by Gasteiger charge is 2.61. The van der Waals surface area contributed by atoms with Crippen LogP contribution in [-0.2, 0) is 9.59 Å². The molecule has 2 aliphatic carbocycles. The molecule has 0 spiro atoms. The number of benzene rings is 2. The number of ketones is 1. The van der Waals surface area contributed by atoms with E-state index in [1.54, 1.807) is 42.5 Å². The van der Waals surface area contributed by atoms with Crippen molar-refractivity contribution in [3.63, 3.8) is 0 Å². The second-order valence-corrected chi connectivity index (χ2v) is 9.49. The summed E-state index contributed by atoms with van der Waals surface area (Å²) < 4.78 is 15.8. The number of furan rings is 1. The average Bonchev–Trinajstić information content (AvgIpc) is 3.69. The number of fused-ring (bicyclic) bond motifs is 5. The molecule has 3 aliphatic rings. The van der Waals surface area contributed by atoms with Gasteiger partial charge in [-0.3, -0.25) is 19.3 Å². The van der Waals surface area contributed by atoms with Crippen LogP contribution in [0.4, 0.5) is 5.69 Å². The first-order valence-electron chi connectivity index (χ1n) is 12.0. The number of hydrogen-bond donors (Lipinski definition) is 0. The van der Waals surface area contributed by atoms with Gasteiger partial charge in [0.05, 0.1) is 23.8 Å². The molecule has 1 aliphatic heterocycles. The van der Waals surface area contributed by atoms with E-state index in [2.05, 4.69) is 0 Å². The number of imide groups is 1. The SMILES string of the molecule is O=C(COc1ccc(N2C(=O)[C@H]3[C@H]4CC[C@@H](C4)[C@@H]3C2=O)cc1)c1ccc(OC(=O)c2ccco2)cc1. The quantitative estimate of drug-likeness (QED) is 0.213. The van der Waals surface area contributed by atoms with Crippen LogP contribution in [-0.4, -0.2) is 30.2 Å². The molecule has 2 heterocycles. The summed E-state index contributed by atoms with van der Waals surface area (Å²) >= 11 is 0. The van der Waals surface area contributed by atoms with Crippen molar-refractivity contribution in [2.24, 2.45) is 23.7 Å². The number of ether oxygens (including phenoxy) is 2.